The molecule has 29 heavy (non-hydrogen) atoms. The van der Waals surface area contributed by atoms with E-state index >= 15 is 0 Å². The summed E-state index contributed by atoms with van der Waals surface area (Å²) in [6.07, 6.45) is 3.47. The molecule has 1 aliphatic heterocycles. The van der Waals surface area contributed by atoms with Crippen LogP contribution in [0.15, 0.2) is 29.3 Å². The topological polar surface area (TPSA) is 88.0 Å². The van der Waals surface area contributed by atoms with Gasteiger partial charge in [-0.15, -0.1) is 0 Å². The van der Waals surface area contributed by atoms with Gasteiger partial charge in [0.25, 0.3) is 5.56 Å². The number of hydrogen-bond acceptors (Lipinski definition) is 7. The van der Waals surface area contributed by atoms with Crippen molar-refractivity contribution in [1.29, 1.82) is 0 Å². The van der Waals surface area contributed by atoms with Crippen LogP contribution in [-0.4, -0.2) is 45.7 Å². The van der Waals surface area contributed by atoms with Gasteiger partial charge in [-0.25, -0.2) is 9.97 Å². The van der Waals surface area contributed by atoms with Crippen molar-refractivity contribution in [1.82, 2.24) is 24.8 Å². The highest BCUT2D eigenvalue weighted by Gasteiger charge is 2.17. The van der Waals surface area contributed by atoms with Gasteiger partial charge in [0.15, 0.2) is 0 Å². The smallest absolute Gasteiger partial charge is 0.271 e. The Morgan fingerprint density at radius 1 is 1.17 bits per heavy atom. The van der Waals surface area contributed by atoms with Crippen LogP contribution in [0, 0.1) is 6.92 Å². The van der Waals surface area contributed by atoms with Gasteiger partial charge in [0, 0.05) is 43.8 Å². The van der Waals surface area contributed by atoms with E-state index in [-0.39, 0.29) is 16.6 Å². The molecule has 0 atom stereocenters. The first kappa shape index (κ1) is 19.6. The second-order valence-corrected chi connectivity index (χ2v) is 7.78. The van der Waals surface area contributed by atoms with Crippen LogP contribution in [0.4, 0.5) is 17.5 Å². The third kappa shape index (κ3) is 3.77. The molecular formula is C20H24ClN7O. The second kappa shape index (κ2) is 7.96. The van der Waals surface area contributed by atoms with Crippen LogP contribution in [0.1, 0.15) is 25.5 Å². The Bertz CT molecular complexity index is 1090. The molecule has 1 aliphatic rings. The van der Waals surface area contributed by atoms with Crippen LogP contribution >= 0.6 is 11.6 Å². The summed E-state index contributed by atoms with van der Waals surface area (Å²) in [4.78, 5) is 28.4. The van der Waals surface area contributed by atoms with Crippen LogP contribution in [0.2, 0.25) is 5.02 Å². The van der Waals surface area contributed by atoms with Gasteiger partial charge in [-0.05, 0) is 38.5 Å². The van der Waals surface area contributed by atoms with Gasteiger partial charge in [0.05, 0.1) is 11.9 Å². The Labute approximate surface area is 173 Å². The number of pyridine rings is 2. The number of anilines is 3. The molecule has 4 rings (SSSR count). The lowest BCUT2D eigenvalue weighted by molar-refractivity contribution is 0.585. The monoisotopic (exact) mass is 413 g/mol. The summed E-state index contributed by atoms with van der Waals surface area (Å²) in [5.41, 5.74) is 1.80. The highest BCUT2D eigenvalue weighted by molar-refractivity contribution is 6.32. The van der Waals surface area contributed by atoms with E-state index in [1.807, 2.05) is 32.9 Å². The summed E-state index contributed by atoms with van der Waals surface area (Å²) in [6.45, 7) is 9.50. The molecule has 3 aromatic heterocycles. The Kier molecular flexibility index (Phi) is 5.38. The fourth-order valence-corrected chi connectivity index (χ4v) is 3.70. The van der Waals surface area contributed by atoms with Crippen LogP contribution in [0.25, 0.3) is 11.0 Å². The lowest BCUT2D eigenvalue weighted by Crippen LogP contribution is -2.43. The molecule has 0 amide bonds. The van der Waals surface area contributed by atoms with E-state index in [0.717, 1.165) is 43.1 Å². The number of aryl methyl sites for hydroxylation is 1. The van der Waals surface area contributed by atoms with E-state index in [1.165, 1.54) is 0 Å². The van der Waals surface area contributed by atoms with Gasteiger partial charge < -0.3 is 15.5 Å². The van der Waals surface area contributed by atoms with Crippen molar-refractivity contribution in [3.8, 4) is 0 Å². The molecule has 1 fully saturated rings. The lowest BCUT2D eigenvalue weighted by Gasteiger charge is -2.28. The maximum Gasteiger partial charge on any atom is 0.271 e. The molecule has 152 valence electrons. The fourth-order valence-electron chi connectivity index (χ4n) is 3.51. The number of piperazine rings is 1. The maximum absolute atomic E-state index is 12.6. The number of hydrogen-bond donors (Lipinski definition) is 2. The van der Waals surface area contributed by atoms with Crippen molar-refractivity contribution in [2.75, 3.05) is 36.4 Å². The molecular weight excluding hydrogens is 390 g/mol. The standard InChI is InChI=1S/C20H24ClN7O/c1-12(2)28-18-15(13(3)17(21)19(28)29)11-24-20(26-18)25-14-4-5-16(23-10-14)27-8-6-22-7-9-27/h4-5,10-12,22H,6-9H2,1-3H3,(H,24,25,26). The van der Waals surface area contributed by atoms with E-state index in [0.29, 0.717) is 17.2 Å². The number of nitrogens with zero attached hydrogens (tertiary/aromatic N) is 5. The van der Waals surface area contributed by atoms with Gasteiger partial charge in [-0.1, -0.05) is 11.6 Å². The predicted octanol–water partition coefficient (Wildman–Crippen LogP) is 2.88. The Morgan fingerprint density at radius 3 is 2.59 bits per heavy atom. The molecule has 0 spiro atoms. The minimum Gasteiger partial charge on any atom is -0.354 e. The maximum atomic E-state index is 12.6. The first-order valence-corrected chi connectivity index (χ1v) is 10.1. The zero-order valence-electron chi connectivity index (χ0n) is 16.7. The Hall–Kier alpha value is -2.71. The van der Waals surface area contributed by atoms with Crippen LogP contribution < -0.4 is 21.1 Å². The molecule has 0 saturated carbocycles. The summed E-state index contributed by atoms with van der Waals surface area (Å²) in [6, 6.07) is 3.87. The van der Waals surface area contributed by atoms with E-state index in [2.05, 4.69) is 30.5 Å². The molecule has 9 heteroatoms. The quantitative estimate of drug-likeness (QED) is 0.679. The second-order valence-electron chi connectivity index (χ2n) is 7.41. The van der Waals surface area contributed by atoms with E-state index in [9.17, 15) is 4.79 Å². The van der Waals surface area contributed by atoms with E-state index in [1.54, 1.807) is 17.0 Å². The van der Waals surface area contributed by atoms with Crippen molar-refractivity contribution in [2.45, 2.75) is 26.8 Å². The van der Waals surface area contributed by atoms with Crippen molar-refractivity contribution >= 4 is 40.1 Å². The molecule has 0 unspecified atom stereocenters. The van der Waals surface area contributed by atoms with Crippen LogP contribution in [0.5, 0.6) is 0 Å². The number of aromatic nitrogens is 4. The molecule has 0 aromatic carbocycles. The summed E-state index contributed by atoms with van der Waals surface area (Å²) in [7, 11) is 0. The summed E-state index contributed by atoms with van der Waals surface area (Å²) in [5, 5.41) is 7.49. The first-order valence-electron chi connectivity index (χ1n) is 9.72. The summed E-state index contributed by atoms with van der Waals surface area (Å²) >= 11 is 6.23. The highest BCUT2D eigenvalue weighted by Crippen LogP contribution is 2.24. The number of fused-ring (bicyclic) bond motifs is 1. The number of rotatable bonds is 4. The van der Waals surface area contributed by atoms with Crippen LogP contribution in [0.3, 0.4) is 0 Å². The van der Waals surface area contributed by atoms with Gasteiger partial charge >= 0.3 is 0 Å². The largest absolute Gasteiger partial charge is 0.354 e. The molecule has 0 bridgehead atoms. The highest BCUT2D eigenvalue weighted by atomic mass is 35.5. The van der Waals surface area contributed by atoms with E-state index < -0.39 is 0 Å². The van der Waals surface area contributed by atoms with Gasteiger partial charge in [-0.3, -0.25) is 9.36 Å². The minimum absolute atomic E-state index is 0.0779. The fraction of sp³-hybridized carbons (Fsp3) is 0.400. The zero-order chi connectivity index (χ0) is 20.5. The Balaban J connectivity index is 1.65. The molecule has 4 heterocycles. The molecule has 0 aliphatic carbocycles. The average Bonchev–Trinajstić information content (AvgIpc) is 2.73. The summed E-state index contributed by atoms with van der Waals surface area (Å²) in [5.74, 6) is 1.36. The number of halogens is 1. The normalized spacial score (nSPS) is 14.6. The Morgan fingerprint density at radius 2 is 1.93 bits per heavy atom. The van der Waals surface area contributed by atoms with Crippen molar-refractivity contribution in [2.24, 2.45) is 0 Å². The van der Waals surface area contributed by atoms with Crippen molar-refractivity contribution < 1.29 is 0 Å². The first-order chi connectivity index (χ1) is 14.0. The average molecular weight is 414 g/mol. The van der Waals surface area contributed by atoms with Crippen LogP contribution in [-0.2, 0) is 0 Å². The number of nitrogens with one attached hydrogen (secondary N) is 2. The van der Waals surface area contributed by atoms with Gasteiger partial charge in [-0.2, -0.15) is 4.98 Å². The molecule has 1 saturated heterocycles. The predicted molar refractivity (Wildman–Crippen MR) is 117 cm³/mol. The SMILES string of the molecule is Cc1c(Cl)c(=O)n(C(C)C)c2nc(Nc3ccc(N4CCNCC4)nc3)ncc12. The third-order valence-electron chi connectivity index (χ3n) is 5.10. The molecule has 0 radical (unpaired) electrons. The minimum atomic E-state index is -0.238. The van der Waals surface area contributed by atoms with Crippen molar-refractivity contribution in [3.63, 3.8) is 0 Å². The third-order valence-corrected chi connectivity index (χ3v) is 5.54. The van der Waals surface area contributed by atoms with E-state index in [4.69, 9.17) is 11.6 Å². The summed E-state index contributed by atoms with van der Waals surface area (Å²) < 4.78 is 1.60. The molecule has 3 aromatic rings. The zero-order valence-corrected chi connectivity index (χ0v) is 17.5. The van der Waals surface area contributed by atoms with Crippen molar-refractivity contribution in [3.05, 3.63) is 45.5 Å². The molecule has 2 N–H and O–H groups in total. The molecule has 8 nitrogen and oxygen atoms in total. The van der Waals surface area contributed by atoms with Gasteiger partial charge in [0.1, 0.15) is 16.5 Å². The lowest BCUT2D eigenvalue weighted by atomic mass is 10.2. The van der Waals surface area contributed by atoms with Gasteiger partial charge in [0.2, 0.25) is 5.95 Å².